The van der Waals surface area contributed by atoms with Crippen LogP contribution in [0, 0.1) is 10.6 Å². The quantitative estimate of drug-likeness (QED) is 0.490. The number of hydrogen-bond donors (Lipinski definition) is 2. The molecule has 0 aliphatic rings. The van der Waals surface area contributed by atoms with Crippen molar-refractivity contribution in [2.45, 2.75) is 0 Å². The summed E-state index contributed by atoms with van der Waals surface area (Å²) in [7, 11) is 0. The van der Waals surface area contributed by atoms with E-state index in [-0.39, 0.29) is 18.3 Å². The zero-order valence-electron chi connectivity index (χ0n) is 13.5. The van der Waals surface area contributed by atoms with Crippen LogP contribution in [0.2, 0.25) is 5.02 Å². The van der Waals surface area contributed by atoms with Crippen molar-refractivity contribution < 1.29 is 13.9 Å². The minimum absolute atomic E-state index is 0.286. The van der Waals surface area contributed by atoms with Gasteiger partial charge in [0.2, 0.25) is 0 Å². The van der Waals surface area contributed by atoms with Crippen molar-refractivity contribution in [3.63, 3.8) is 0 Å². The van der Waals surface area contributed by atoms with E-state index >= 15 is 0 Å². The van der Waals surface area contributed by atoms with Crippen LogP contribution in [0.3, 0.4) is 0 Å². The summed E-state index contributed by atoms with van der Waals surface area (Å²) in [5.41, 5.74) is 0.919. The smallest absolute Gasteiger partial charge is 0.269 e. The Bertz CT molecular complexity index is 969. The lowest BCUT2D eigenvalue weighted by molar-refractivity contribution is 0.0940. The van der Waals surface area contributed by atoms with Crippen LogP contribution in [0.1, 0.15) is 10.5 Å². The van der Waals surface area contributed by atoms with Crippen molar-refractivity contribution in [2.24, 2.45) is 0 Å². The molecule has 3 rings (SSSR count). The van der Waals surface area contributed by atoms with Gasteiger partial charge in [-0.2, -0.15) is 0 Å². The molecule has 2 aromatic carbocycles. The highest BCUT2D eigenvalue weighted by Crippen LogP contribution is 2.17. The number of aromatic nitrogens is 2. The number of rotatable bonds is 6. The van der Waals surface area contributed by atoms with E-state index in [4.69, 9.17) is 28.6 Å². The van der Waals surface area contributed by atoms with Crippen LogP contribution in [0.5, 0.6) is 5.75 Å². The Balaban J connectivity index is 1.63. The van der Waals surface area contributed by atoms with Gasteiger partial charge in [-0.1, -0.05) is 17.7 Å². The Hall–Kier alpha value is -2.64. The first-order valence-electron chi connectivity index (χ1n) is 7.77. The molecule has 1 aromatic heterocycles. The van der Waals surface area contributed by atoms with Crippen molar-refractivity contribution in [1.82, 2.24) is 14.9 Å². The van der Waals surface area contributed by atoms with E-state index < -0.39 is 0 Å². The number of ether oxygens (including phenoxy) is 1. The summed E-state index contributed by atoms with van der Waals surface area (Å²) in [5, 5.41) is 3.34. The molecule has 3 aromatic rings. The number of nitrogens with zero attached hydrogens (tertiary/aromatic N) is 1. The summed E-state index contributed by atoms with van der Waals surface area (Å²) in [6.45, 7) is 0.584. The van der Waals surface area contributed by atoms with E-state index in [1.807, 2.05) is 0 Å². The van der Waals surface area contributed by atoms with Gasteiger partial charge in [-0.05, 0) is 54.7 Å². The summed E-state index contributed by atoms with van der Waals surface area (Å²) in [4.78, 5) is 15.3. The molecule has 0 aliphatic carbocycles. The number of hydrogen-bond acceptors (Lipinski definition) is 3. The van der Waals surface area contributed by atoms with E-state index in [1.54, 1.807) is 41.0 Å². The van der Waals surface area contributed by atoms with Crippen LogP contribution in [-0.2, 0) is 0 Å². The van der Waals surface area contributed by atoms with Crippen molar-refractivity contribution in [3.05, 3.63) is 76.0 Å². The van der Waals surface area contributed by atoms with Crippen LogP contribution in [0.25, 0.3) is 5.69 Å². The predicted molar refractivity (Wildman–Crippen MR) is 100 cm³/mol. The van der Waals surface area contributed by atoms with E-state index in [2.05, 4.69) is 10.3 Å². The number of H-pyrrole nitrogens is 1. The molecule has 0 fully saturated rings. The largest absolute Gasteiger partial charge is 0.492 e. The van der Waals surface area contributed by atoms with Crippen LogP contribution in [0.15, 0.2) is 54.7 Å². The molecule has 5 nitrogen and oxygen atoms in total. The van der Waals surface area contributed by atoms with Crippen molar-refractivity contribution in [1.29, 1.82) is 0 Å². The number of benzene rings is 2. The fourth-order valence-electron chi connectivity index (χ4n) is 2.36. The highest BCUT2D eigenvalue weighted by atomic mass is 35.5. The third-order valence-electron chi connectivity index (χ3n) is 3.55. The lowest BCUT2D eigenvalue weighted by atomic mass is 10.3. The second-order valence-electron chi connectivity index (χ2n) is 5.35. The van der Waals surface area contributed by atoms with Crippen LogP contribution < -0.4 is 10.1 Å². The van der Waals surface area contributed by atoms with Crippen LogP contribution in [-0.4, -0.2) is 28.6 Å². The third-order valence-corrected chi connectivity index (χ3v) is 4.08. The lowest BCUT2D eigenvalue weighted by Gasteiger charge is -2.10. The standard InChI is InChI=1S/C18H15ClFN3O2S/c19-12-2-1-3-15(10-12)25-9-8-21-17(24)16-11-22-18(26)23(16)14-6-4-13(20)5-7-14/h1-7,10-11H,8-9H2,(H,21,24)(H,22,26). The van der Waals surface area contributed by atoms with Gasteiger partial charge in [0.15, 0.2) is 4.77 Å². The maximum atomic E-state index is 13.1. The summed E-state index contributed by atoms with van der Waals surface area (Å²) in [5.74, 6) is -0.0565. The SMILES string of the molecule is O=C(NCCOc1cccc(Cl)c1)c1c[nH]c(=S)n1-c1ccc(F)cc1. The molecule has 1 heterocycles. The highest BCUT2D eigenvalue weighted by Gasteiger charge is 2.14. The number of imidazole rings is 1. The fraction of sp³-hybridized carbons (Fsp3) is 0.111. The molecule has 0 bridgehead atoms. The molecule has 134 valence electrons. The molecular weight excluding hydrogens is 377 g/mol. The zero-order valence-corrected chi connectivity index (χ0v) is 15.1. The molecule has 0 atom stereocenters. The molecular formula is C18H15ClFN3O2S. The summed E-state index contributed by atoms with van der Waals surface area (Å²) >= 11 is 11.1. The highest BCUT2D eigenvalue weighted by molar-refractivity contribution is 7.71. The van der Waals surface area contributed by atoms with Crippen LogP contribution >= 0.6 is 23.8 Å². The van der Waals surface area contributed by atoms with E-state index in [0.29, 0.717) is 33.5 Å². The molecule has 1 amide bonds. The molecule has 8 heteroatoms. The fourth-order valence-corrected chi connectivity index (χ4v) is 2.81. The van der Waals surface area contributed by atoms with Gasteiger partial charge in [0.05, 0.1) is 6.54 Å². The monoisotopic (exact) mass is 391 g/mol. The Kier molecular flexibility index (Phi) is 5.70. The molecule has 0 unspecified atom stereocenters. The van der Waals surface area contributed by atoms with Gasteiger partial charge in [-0.25, -0.2) is 4.39 Å². The predicted octanol–water partition coefficient (Wildman–Crippen LogP) is 4.14. The van der Waals surface area contributed by atoms with Crippen molar-refractivity contribution in [2.75, 3.05) is 13.2 Å². The zero-order chi connectivity index (χ0) is 18.5. The van der Waals surface area contributed by atoms with Gasteiger partial charge in [-0.3, -0.25) is 9.36 Å². The van der Waals surface area contributed by atoms with Gasteiger partial charge in [-0.15, -0.1) is 0 Å². The first-order valence-corrected chi connectivity index (χ1v) is 8.56. The second kappa shape index (κ2) is 8.16. The minimum atomic E-state index is -0.361. The Morgan fingerprint density at radius 2 is 2.04 bits per heavy atom. The molecule has 2 N–H and O–H groups in total. The van der Waals surface area contributed by atoms with Crippen LogP contribution in [0.4, 0.5) is 4.39 Å². The molecule has 0 radical (unpaired) electrons. The van der Waals surface area contributed by atoms with E-state index in [9.17, 15) is 9.18 Å². The second-order valence-corrected chi connectivity index (χ2v) is 6.18. The van der Waals surface area contributed by atoms with Crippen molar-refractivity contribution in [3.8, 4) is 11.4 Å². The van der Waals surface area contributed by atoms with Crippen molar-refractivity contribution >= 4 is 29.7 Å². The molecule has 0 aliphatic heterocycles. The van der Waals surface area contributed by atoms with Gasteiger partial charge < -0.3 is 15.0 Å². The number of carbonyl (C=O) groups is 1. The van der Waals surface area contributed by atoms with Gasteiger partial charge in [0, 0.05) is 16.9 Å². The minimum Gasteiger partial charge on any atom is -0.492 e. The average molecular weight is 392 g/mol. The lowest BCUT2D eigenvalue weighted by Crippen LogP contribution is -2.29. The van der Waals surface area contributed by atoms with Gasteiger partial charge >= 0.3 is 0 Å². The number of aromatic amines is 1. The Morgan fingerprint density at radius 3 is 2.77 bits per heavy atom. The molecule has 26 heavy (non-hydrogen) atoms. The Labute approximate surface area is 159 Å². The molecule has 0 saturated carbocycles. The first kappa shape index (κ1) is 18.2. The number of halogens is 2. The number of nitrogens with one attached hydrogen (secondary N) is 2. The summed E-state index contributed by atoms with van der Waals surface area (Å²) < 4.78 is 20.5. The Morgan fingerprint density at radius 1 is 1.27 bits per heavy atom. The molecule has 0 saturated heterocycles. The number of carbonyl (C=O) groups excluding carboxylic acids is 1. The van der Waals surface area contributed by atoms with Gasteiger partial charge in [0.25, 0.3) is 5.91 Å². The average Bonchev–Trinajstić information content (AvgIpc) is 3.01. The van der Waals surface area contributed by atoms with Gasteiger partial charge in [0.1, 0.15) is 23.9 Å². The van der Waals surface area contributed by atoms with E-state index in [1.165, 1.54) is 18.3 Å². The normalized spacial score (nSPS) is 10.5. The maximum Gasteiger partial charge on any atom is 0.269 e. The first-order chi connectivity index (χ1) is 12.5. The topological polar surface area (TPSA) is 59.0 Å². The van der Waals surface area contributed by atoms with E-state index in [0.717, 1.165) is 0 Å². The molecule has 0 spiro atoms. The summed E-state index contributed by atoms with van der Waals surface area (Å²) in [6.07, 6.45) is 1.51. The third kappa shape index (κ3) is 4.30. The maximum absolute atomic E-state index is 13.1. The summed E-state index contributed by atoms with van der Waals surface area (Å²) in [6, 6.07) is 12.7. The number of amides is 1.